The molecule has 7 heteroatoms. The van der Waals surface area contributed by atoms with Crippen molar-refractivity contribution in [3.8, 4) is 0 Å². The third-order valence-electron chi connectivity index (χ3n) is 2.80. The first kappa shape index (κ1) is 15.0. The SMILES string of the molecule is CCCCC(NC(=O)NCc1ccnn1C)C(=O)O. The number of hydrogen-bond donors (Lipinski definition) is 3. The highest BCUT2D eigenvalue weighted by Crippen LogP contribution is 2.01. The van der Waals surface area contributed by atoms with Crippen LogP contribution in [0.25, 0.3) is 0 Å². The predicted octanol–water partition coefficient (Wildman–Crippen LogP) is 0.863. The van der Waals surface area contributed by atoms with Crippen LogP contribution >= 0.6 is 0 Å². The fourth-order valence-electron chi connectivity index (χ4n) is 1.62. The molecule has 7 nitrogen and oxygen atoms in total. The quantitative estimate of drug-likeness (QED) is 0.683. The Morgan fingerprint density at radius 2 is 2.26 bits per heavy atom. The number of carboxylic acids is 1. The third kappa shape index (κ3) is 4.99. The lowest BCUT2D eigenvalue weighted by atomic mass is 10.1. The van der Waals surface area contributed by atoms with Gasteiger partial charge in [-0.2, -0.15) is 5.10 Å². The van der Waals surface area contributed by atoms with Gasteiger partial charge >= 0.3 is 12.0 Å². The van der Waals surface area contributed by atoms with Crippen molar-refractivity contribution >= 4 is 12.0 Å². The fourth-order valence-corrected chi connectivity index (χ4v) is 1.62. The van der Waals surface area contributed by atoms with E-state index in [2.05, 4.69) is 15.7 Å². The van der Waals surface area contributed by atoms with E-state index in [1.807, 2.05) is 6.92 Å². The Kier molecular flexibility index (Phi) is 5.84. The zero-order valence-corrected chi connectivity index (χ0v) is 11.2. The summed E-state index contributed by atoms with van der Waals surface area (Å²) in [4.78, 5) is 22.6. The molecule has 1 aromatic rings. The summed E-state index contributed by atoms with van der Waals surface area (Å²) in [5.41, 5.74) is 0.843. The topological polar surface area (TPSA) is 96.3 Å². The second-order valence-corrected chi connectivity index (χ2v) is 4.31. The maximum absolute atomic E-state index is 11.6. The first-order valence-corrected chi connectivity index (χ1v) is 6.28. The van der Waals surface area contributed by atoms with E-state index in [9.17, 15) is 9.59 Å². The number of urea groups is 1. The molecule has 0 aliphatic carbocycles. The van der Waals surface area contributed by atoms with Crippen molar-refractivity contribution in [3.63, 3.8) is 0 Å². The number of carboxylic acid groups (broad SMARTS) is 1. The summed E-state index contributed by atoms with van der Waals surface area (Å²) in [6.07, 6.45) is 3.72. The minimum absolute atomic E-state index is 0.308. The van der Waals surface area contributed by atoms with Gasteiger partial charge in [-0.25, -0.2) is 9.59 Å². The highest BCUT2D eigenvalue weighted by molar-refractivity contribution is 5.82. The van der Waals surface area contributed by atoms with Gasteiger partial charge in [-0.15, -0.1) is 0 Å². The van der Waals surface area contributed by atoms with Gasteiger partial charge in [0, 0.05) is 13.2 Å². The molecule has 0 aliphatic heterocycles. The van der Waals surface area contributed by atoms with Gasteiger partial charge in [0.1, 0.15) is 6.04 Å². The minimum Gasteiger partial charge on any atom is -0.480 e. The van der Waals surface area contributed by atoms with Crippen molar-refractivity contribution < 1.29 is 14.7 Å². The molecule has 0 aliphatic rings. The number of rotatable bonds is 7. The Morgan fingerprint density at radius 1 is 1.53 bits per heavy atom. The van der Waals surface area contributed by atoms with Crippen LogP contribution in [0.15, 0.2) is 12.3 Å². The van der Waals surface area contributed by atoms with E-state index in [4.69, 9.17) is 5.11 Å². The number of carbonyl (C=O) groups excluding carboxylic acids is 1. The lowest BCUT2D eigenvalue weighted by molar-refractivity contribution is -0.139. The Morgan fingerprint density at radius 3 is 2.79 bits per heavy atom. The minimum atomic E-state index is -1.01. The summed E-state index contributed by atoms with van der Waals surface area (Å²) in [7, 11) is 1.77. The largest absolute Gasteiger partial charge is 0.480 e. The van der Waals surface area contributed by atoms with Crippen LogP contribution in [0, 0.1) is 0 Å². The molecule has 0 aromatic carbocycles. The summed E-state index contributed by atoms with van der Waals surface area (Å²) in [6.45, 7) is 2.28. The second kappa shape index (κ2) is 7.40. The maximum atomic E-state index is 11.6. The average molecular weight is 268 g/mol. The number of aromatic nitrogens is 2. The number of amides is 2. The van der Waals surface area contributed by atoms with E-state index in [1.165, 1.54) is 0 Å². The Balaban J connectivity index is 2.40. The first-order chi connectivity index (χ1) is 9.04. The molecular weight excluding hydrogens is 248 g/mol. The van der Waals surface area contributed by atoms with Crippen LogP contribution in [0.1, 0.15) is 31.9 Å². The van der Waals surface area contributed by atoms with E-state index in [-0.39, 0.29) is 0 Å². The average Bonchev–Trinajstić information content (AvgIpc) is 2.77. The van der Waals surface area contributed by atoms with Crippen molar-refractivity contribution in [3.05, 3.63) is 18.0 Å². The summed E-state index contributed by atoms with van der Waals surface area (Å²) in [5.74, 6) is -1.01. The lowest BCUT2D eigenvalue weighted by Crippen LogP contribution is -2.45. The van der Waals surface area contributed by atoms with Crippen molar-refractivity contribution in [2.24, 2.45) is 7.05 Å². The number of hydrogen-bond acceptors (Lipinski definition) is 3. The number of aryl methyl sites for hydroxylation is 1. The highest BCUT2D eigenvalue weighted by atomic mass is 16.4. The normalized spacial score (nSPS) is 11.9. The molecule has 0 radical (unpaired) electrons. The molecule has 19 heavy (non-hydrogen) atoms. The van der Waals surface area contributed by atoms with Gasteiger partial charge in [0.05, 0.1) is 12.2 Å². The second-order valence-electron chi connectivity index (χ2n) is 4.31. The van der Waals surface area contributed by atoms with Crippen molar-refractivity contribution in [2.45, 2.75) is 38.8 Å². The van der Waals surface area contributed by atoms with Crippen LogP contribution in [-0.4, -0.2) is 32.9 Å². The molecular formula is C12H20N4O3. The van der Waals surface area contributed by atoms with Gasteiger partial charge in [-0.05, 0) is 12.5 Å². The Bertz CT molecular complexity index is 430. The van der Waals surface area contributed by atoms with Crippen LogP contribution < -0.4 is 10.6 Å². The number of unbranched alkanes of at least 4 members (excludes halogenated alkanes) is 1. The molecule has 1 unspecified atom stereocenters. The number of nitrogens with one attached hydrogen (secondary N) is 2. The molecule has 0 spiro atoms. The van der Waals surface area contributed by atoms with Crippen LogP contribution in [0.5, 0.6) is 0 Å². The Labute approximate surface area is 112 Å². The molecule has 106 valence electrons. The van der Waals surface area contributed by atoms with Gasteiger partial charge in [-0.1, -0.05) is 19.8 Å². The molecule has 0 saturated carbocycles. The summed E-state index contributed by atoms with van der Waals surface area (Å²) < 4.78 is 1.64. The molecule has 3 N–H and O–H groups in total. The van der Waals surface area contributed by atoms with Gasteiger partial charge in [0.15, 0.2) is 0 Å². The van der Waals surface area contributed by atoms with E-state index in [1.54, 1.807) is 24.0 Å². The molecule has 1 atom stereocenters. The van der Waals surface area contributed by atoms with Crippen LogP contribution in [0.4, 0.5) is 4.79 Å². The zero-order valence-electron chi connectivity index (χ0n) is 11.2. The van der Waals surface area contributed by atoms with Crippen LogP contribution in [0.2, 0.25) is 0 Å². The summed E-state index contributed by atoms with van der Waals surface area (Å²) >= 11 is 0. The smallest absolute Gasteiger partial charge is 0.326 e. The maximum Gasteiger partial charge on any atom is 0.326 e. The summed E-state index contributed by atoms with van der Waals surface area (Å²) in [6, 6.07) is 0.461. The zero-order chi connectivity index (χ0) is 14.3. The van der Waals surface area contributed by atoms with Gasteiger partial charge in [-0.3, -0.25) is 4.68 Å². The van der Waals surface area contributed by atoms with Crippen LogP contribution in [-0.2, 0) is 18.4 Å². The van der Waals surface area contributed by atoms with E-state index in [0.717, 1.165) is 18.5 Å². The Hall–Kier alpha value is -2.05. The van der Waals surface area contributed by atoms with Crippen molar-refractivity contribution in [2.75, 3.05) is 0 Å². The number of aliphatic carboxylic acids is 1. The lowest BCUT2D eigenvalue weighted by Gasteiger charge is -2.14. The van der Waals surface area contributed by atoms with Gasteiger partial charge in [0.2, 0.25) is 0 Å². The highest BCUT2D eigenvalue weighted by Gasteiger charge is 2.18. The number of nitrogens with zero attached hydrogens (tertiary/aromatic N) is 2. The third-order valence-corrected chi connectivity index (χ3v) is 2.80. The van der Waals surface area contributed by atoms with Crippen molar-refractivity contribution in [1.29, 1.82) is 0 Å². The standard InChI is InChI=1S/C12H20N4O3/c1-3-4-5-10(11(17)18)15-12(19)13-8-9-6-7-14-16(9)2/h6-7,10H,3-5,8H2,1-2H3,(H,17,18)(H2,13,15,19). The molecule has 1 heterocycles. The van der Waals surface area contributed by atoms with Crippen molar-refractivity contribution in [1.82, 2.24) is 20.4 Å². The molecule has 0 fully saturated rings. The van der Waals surface area contributed by atoms with Gasteiger partial charge in [0.25, 0.3) is 0 Å². The first-order valence-electron chi connectivity index (χ1n) is 6.28. The predicted molar refractivity (Wildman–Crippen MR) is 69.5 cm³/mol. The molecule has 2 amide bonds. The van der Waals surface area contributed by atoms with E-state index >= 15 is 0 Å². The molecule has 0 saturated heterocycles. The molecule has 1 aromatic heterocycles. The molecule has 0 bridgehead atoms. The number of carbonyl (C=O) groups is 2. The van der Waals surface area contributed by atoms with E-state index in [0.29, 0.717) is 13.0 Å². The van der Waals surface area contributed by atoms with Gasteiger partial charge < -0.3 is 15.7 Å². The fraction of sp³-hybridized carbons (Fsp3) is 0.583. The summed E-state index contributed by atoms with van der Waals surface area (Å²) in [5, 5.41) is 18.0. The van der Waals surface area contributed by atoms with Crippen LogP contribution in [0.3, 0.4) is 0 Å². The molecule has 1 rings (SSSR count). The van der Waals surface area contributed by atoms with E-state index < -0.39 is 18.0 Å². The monoisotopic (exact) mass is 268 g/mol.